The van der Waals surface area contributed by atoms with Crippen molar-refractivity contribution in [3.63, 3.8) is 0 Å². The van der Waals surface area contributed by atoms with Crippen LogP contribution in [0.5, 0.6) is 5.88 Å². The molecule has 1 N–H and O–H groups in total. The van der Waals surface area contributed by atoms with Gasteiger partial charge in [-0.1, -0.05) is 11.6 Å². The first-order chi connectivity index (χ1) is 13.3. The minimum absolute atomic E-state index is 0.0348. The topological polar surface area (TPSA) is 59.0 Å². The van der Waals surface area contributed by atoms with E-state index in [0.717, 1.165) is 51.1 Å². The quantitative estimate of drug-likeness (QED) is 0.413. The third kappa shape index (κ3) is 6.70. The summed E-state index contributed by atoms with van der Waals surface area (Å²) in [6, 6.07) is 0.805. The van der Waals surface area contributed by atoms with E-state index in [0.29, 0.717) is 18.8 Å². The number of nitrogens with zero attached hydrogens (tertiary/aromatic N) is 3. The summed E-state index contributed by atoms with van der Waals surface area (Å²) in [7, 11) is 0. The summed E-state index contributed by atoms with van der Waals surface area (Å²) in [6.07, 6.45) is -1.60. The molecular formula is C18H26ClF3N4O2. The Kier molecular flexibility index (Phi) is 8.62. The van der Waals surface area contributed by atoms with Crippen molar-refractivity contribution in [2.75, 3.05) is 39.4 Å². The Hall–Kier alpha value is -1.74. The van der Waals surface area contributed by atoms with Crippen LogP contribution in [0, 0.1) is 0 Å². The van der Waals surface area contributed by atoms with Gasteiger partial charge in [-0.2, -0.15) is 13.2 Å². The highest BCUT2D eigenvalue weighted by Gasteiger charge is 2.31. The molecule has 1 saturated heterocycles. The molecular weight excluding hydrogens is 397 g/mol. The predicted octanol–water partition coefficient (Wildman–Crippen LogP) is 3.60. The van der Waals surface area contributed by atoms with Gasteiger partial charge < -0.3 is 19.7 Å². The summed E-state index contributed by atoms with van der Waals surface area (Å²) in [4.78, 5) is 10.3. The Morgan fingerprint density at radius 1 is 1.36 bits per heavy atom. The van der Waals surface area contributed by atoms with Gasteiger partial charge in [-0.25, -0.2) is 9.98 Å². The third-order valence-corrected chi connectivity index (χ3v) is 4.48. The lowest BCUT2D eigenvalue weighted by atomic mass is 10.1. The molecule has 0 aromatic carbocycles. The van der Waals surface area contributed by atoms with Crippen molar-refractivity contribution in [3.8, 4) is 5.88 Å². The van der Waals surface area contributed by atoms with Gasteiger partial charge in [0, 0.05) is 32.4 Å². The maximum absolute atomic E-state index is 12.6. The number of aliphatic imine (C=N–C) groups is 1. The molecule has 0 bridgehead atoms. The van der Waals surface area contributed by atoms with Crippen molar-refractivity contribution in [1.82, 2.24) is 15.2 Å². The van der Waals surface area contributed by atoms with Crippen molar-refractivity contribution < 1.29 is 22.6 Å². The van der Waals surface area contributed by atoms with Gasteiger partial charge >= 0.3 is 6.18 Å². The molecule has 1 aliphatic heterocycles. The number of ether oxygens (including phenoxy) is 2. The SMILES string of the molecule is CCNC(=NCCOc1ncc(C(F)(F)F)cc1Cl)N1CCC(OCC)CC1. The van der Waals surface area contributed by atoms with E-state index in [1.807, 2.05) is 13.8 Å². The lowest BCUT2D eigenvalue weighted by Gasteiger charge is -2.34. The Bertz CT molecular complexity index is 650. The van der Waals surface area contributed by atoms with Crippen LogP contribution in [0.25, 0.3) is 0 Å². The highest BCUT2D eigenvalue weighted by atomic mass is 35.5. The number of guanidine groups is 1. The first-order valence-electron chi connectivity index (χ1n) is 9.35. The number of piperidine rings is 1. The van der Waals surface area contributed by atoms with Crippen molar-refractivity contribution in [3.05, 3.63) is 22.8 Å². The molecule has 0 radical (unpaired) electrons. The predicted molar refractivity (Wildman–Crippen MR) is 102 cm³/mol. The largest absolute Gasteiger partial charge is 0.475 e. The van der Waals surface area contributed by atoms with Crippen molar-refractivity contribution in [2.45, 2.75) is 39.0 Å². The molecule has 0 atom stereocenters. The van der Waals surface area contributed by atoms with E-state index in [2.05, 4.69) is 20.2 Å². The van der Waals surface area contributed by atoms with Crippen LogP contribution in [0.15, 0.2) is 17.3 Å². The summed E-state index contributed by atoms with van der Waals surface area (Å²) < 4.78 is 49.0. The first kappa shape index (κ1) is 22.5. The second-order valence-electron chi connectivity index (χ2n) is 6.23. The van der Waals surface area contributed by atoms with Crippen LogP contribution in [0.2, 0.25) is 5.02 Å². The lowest BCUT2D eigenvalue weighted by molar-refractivity contribution is -0.137. The Balaban J connectivity index is 1.87. The van der Waals surface area contributed by atoms with Gasteiger partial charge in [-0.15, -0.1) is 0 Å². The van der Waals surface area contributed by atoms with Gasteiger partial charge in [0.05, 0.1) is 18.2 Å². The van der Waals surface area contributed by atoms with Gasteiger partial charge in [0.25, 0.3) is 0 Å². The van der Waals surface area contributed by atoms with Crippen LogP contribution in [0.3, 0.4) is 0 Å². The summed E-state index contributed by atoms with van der Waals surface area (Å²) in [5.74, 6) is 0.750. The van der Waals surface area contributed by atoms with Crippen LogP contribution in [0.1, 0.15) is 32.3 Å². The van der Waals surface area contributed by atoms with Gasteiger partial charge in [-0.05, 0) is 32.8 Å². The molecule has 158 valence electrons. The van der Waals surface area contributed by atoms with Crippen LogP contribution >= 0.6 is 11.6 Å². The van der Waals surface area contributed by atoms with E-state index in [-0.39, 0.29) is 17.5 Å². The van der Waals surface area contributed by atoms with Crippen LogP contribution < -0.4 is 10.1 Å². The normalized spacial score (nSPS) is 16.4. The molecule has 0 amide bonds. The van der Waals surface area contributed by atoms with E-state index in [1.54, 1.807) is 0 Å². The number of nitrogens with one attached hydrogen (secondary N) is 1. The molecule has 1 fully saturated rings. The van der Waals surface area contributed by atoms with Gasteiger partial charge in [-0.3, -0.25) is 0 Å². The maximum Gasteiger partial charge on any atom is 0.417 e. The second-order valence-corrected chi connectivity index (χ2v) is 6.64. The van der Waals surface area contributed by atoms with E-state index < -0.39 is 11.7 Å². The molecule has 0 unspecified atom stereocenters. The van der Waals surface area contributed by atoms with Gasteiger partial charge in [0.1, 0.15) is 11.6 Å². The fraction of sp³-hybridized carbons (Fsp3) is 0.667. The standard InChI is InChI=1S/C18H26ClF3N4O2/c1-3-23-17(26-8-5-14(6-9-26)27-4-2)24-7-10-28-16-15(19)11-13(12-25-16)18(20,21)22/h11-12,14H,3-10H2,1-2H3,(H,23,24). The highest BCUT2D eigenvalue weighted by Crippen LogP contribution is 2.33. The smallest absolute Gasteiger partial charge is 0.417 e. The second kappa shape index (κ2) is 10.7. The van der Waals surface area contributed by atoms with E-state index in [4.69, 9.17) is 21.1 Å². The van der Waals surface area contributed by atoms with E-state index in [9.17, 15) is 13.2 Å². The monoisotopic (exact) mass is 422 g/mol. The maximum atomic E-state index is 12.6. The Morgan fingerprint density at radius 2 is 2.07 bits per heavy atom. The minimum atomic E-state index is -4.49. The van der Waals surface area contributed by atoms with Gasteiger partial charge in [0.15, 0.2) is 5.96 Å². The number of halogens is 4. The fourth-order valence-electron chi connectivity index (χ4n) is 2.88. The molecule has 10 heteroatoms. The Morgan fingerprint density at radius 3 is 2.64 bits per heavy atom. The number of aromatic nitrogens is 1. The van der Waals surface area contributed by atoms with Crippen molar-refractivity contribution in [1.29, 1.82) is 0 Å². The summed E-state index contributed by atoms with van der Waals surface area (Å²) >= 11 is 5.83. The molecule has 1 aromatic rings. The average molecular weight is 423 g/mol. The fourth-order valence-corrected chi connectivity index (χ4v) is 3.10. The molecule has 0 spiro atoms. The molecule has 2 rings (SSSR count). The van der Waals surface area contributed by atoms with Crippen LogP contribution in [-0.4, -0.2) is 61.3 Å². The zero-order valence-corrected chi connectivity index (χ0v) is 16.8. The molecule has 1 aromatic heterocycles. The van der Waals surface area contributed by atoms with Crippen LogP contribution in [0.4, 0.5) is 13.2 Å². The van der Waals surface area contributed by atoms with Crippen molar-refractivity contribution >= 4 is 17.6 Å². The number of rotatable bonds is 7. The minimum Gasteiger partial charge on any atom is -0.475 e. The highest BCUT2D eigenvalue weighted by molar-refractivity contribution is 6.31. The number of hydrogen-bond acceptors (Lipinski definition) is 4. The first-order valence-corrected chi connectivity index (χ1v) is 9.73. The summed E-state index contributed by atoms with van der Waals surface area (Å²) in [5, 5.41) is 3.07. The number of likely N-dealkylation sites (tertiary alicyclic amines) is 1. The molecule has 0 saturated carbocycles. The molecule has 28 heavy (non-hydrogen) atoms. The number of alkyl halides is 3. The number of pyridine rings is 1. The molecule has 2 heterocycles. The summed E-state index contributed by atoms with van der Waals surface area (Å²) in [6.45, 7) is 7.62. The van der Waals surface area contributed by atoms with E-state index >= 15 is 0 Å². The molecule has 6 nitrogen and oxygen atoms in total. The number of hydrogen-bond donors (Lipinski definition) is 1. The van der Waals surface area contributed by atoms with E-state index in [1.165, 1.54) is 0 Å². The van der Waals surface area contributed by atoms with Gasteiger partial charge in [0.2, 0.25) is 5.88 Å². The molecule has 1 aliphatic rings. The van der Waals surface area contributed by atoms with Crippen LogP contribution in [-0.2, 0) is 10.9 Å². The average Bonchev–Trinajstić information content (AvgIpc) is 2.65. The third-order valence-electron chi connectivity index (χ3n) is 4.21. The lowest BCUT2D eigenvalue weighted by Crippen LogP contribution is -2.47. The Labute approximate surface area is 168 Å². The zero-order valence-electron chi connectivity index (χ0n) is 16.1. The van der Waals surface area contributed by atoms with Crippen molar-refractivity contribution in [2.24, 2.45) is 4.99 Å². The summed E-state index contributed by atoms with van der Waals surface area (Å²) in [5.41, 5.74) is -0.909. The zero-order chi connectivity index (χ0) is 20.6. The molecule has 0 aliphatic carbocycles.